The normalized spacial score (nSPS) is 20.4. The number of amides is 2. The zero-order valence-corrected chi connectivity index (χ0v) is 21.8. The van der Waals surface area contributed by atoms with Crippen LogP contribution in [0.3, 0.4) is 0 Å². The number of Topliss-reactive ketones (excluding diaryl/α,β-unsaturated/α-hetero) is 1. The van der Waals surface area contributed by atoms with Crippen LogP contribution in [0.4, 0.5) is 0 Å². The number of hydrogen-bond acceptors (Lipinski definition) is 7. The van der Waals surface area contributed by atoms with Gasteiger partial charge >= 0.3 is 0 Å². The first kappa shape index (κ1) is 25.9. The van der Waals surface area contributed by atoms with Crippen molar-refractivity contribution in [1.29, 1.82) is 0 Å². The van der Waals surface area contributed by atoms with Crippen LogP contribution in [0.5, 0.6) is 0 Å². The molecule has 1 aromatic carbocycles. The van der Waals surface area contributed by atoms with E-state index >= 15 is 0 Å². The summed E-state index contributed by atoms with van der Waals surface area (Å²) in [4.78, 5) is 49.4. The van der Waals surface area contributed by atoms with Crippen molar-refractivity contribution in [2.45, 2.75) is 50.1 Å². The summed E-state index contributed by atoms with van der Waals surface area (Å²) in [5.74, 6) is -1.33. The summed E-state index contributed by atoms with van der Waals surface area (Å²) in [5, 5.41) is 3.65. The highest BCUT2D eigenvalue weighted by Gasteiger charge is 2.54. The van der Waals surface area contributed by atoms with Crippen LogP contribution in [0, 0.1) is 0 Å². The smallest absolute Gasteiger partial charge is 0.251 e. The van der Waals surface area contributed by atoms with E-state index < -0.39 is 34.1 Å². The molecule has 38 heavy (non-hydrogen) atoms. The van der Waals surface area contributed by atoms with E-state index in [2.05, 4.69) is 15.3 Å². The van der Waals surface area contributed by atoms with Crippen LogP contribution in [0.2, 0.25) is 0 Å². The molecule has 0 spiro atoms. The Kier molecular flexibility index (Phi) is 7.22. The van der Waals surface area contributed by atoms with Gasteiger partial charge in [-0.25, -0.2) is 8.42 Å². The van der Waals surface area contributed by atoms with Crippen LogP contribution >= 0.6 is 0 Å². The van der Waals surface area contributed by atoms with E-state index in [-0.39, 0.29) is 30.5 Å². The molecule has 3 atom stereocenters. The van der Waals surface area contributed by atoms with Gasteiger partial charge in [0.15, 0.2) is 5.78 Å². The lowest BCUT2D eigenvalue weighted by atomic mass is 10.1. The molecule has 11 heteroatoms. The summed E-state index contributed by atoms with van der Waals surface area (Å²) in [5.41, 5.74) is 1.70. The molecule has 0 bridgehead atoms. The van der Waals surface area contributed by atoms with E-state index in [4.69, 9.17) is 0 Å². The van der Waals surface area contributed by atoms with Crippen LogP contribution in [-0.2, 0) is 25.4 Å². The predicted molar refractivity (Wildman–Crippen MR) is 140 cm³/mol. The van der Waals surface area contributed by atoms with Crippen molar-refractivity contribution in [3.63, 3.8) is 0 Å². The van der Waals surface area contributed by atoms with E-state index in [1.165, 1.54) is 15.4 Å². The predicted octanol–water partition coefficient (Wildman–Crippen LogP) is 1.91. The van der Waals surface area contributed by atoms with Crippen molar-refractivity contribution in [2.24, 2.45) is 0 Å². The Morgan fingerprint density at radius 3 is 2.74 bits per heavy atom. The maximum Gasteiger partial charge on any atom is 0.251 e. The topological polar surface area (TPSA) is 130 Å². The average Bonchev–Trinajstić information content (AvgIpc) is 3.49. The lowest BCUT2D eigenvalue weighted by Crippen LogP contribution is -2.52. The second-order valence-corrected chi connectivity index (χ2v) is 11.6. The summed E-state index contributed by atoms with van der Waals surface area (Å²) in [6, 6.07) is 9.83. The molecule has 3 unspecified atom stereocenters. The first-order valence-electron chi connectivity index (χ1n) is 12.7. The van der Waals surface area contributed by atoms with Crippen molar-refractivity contribution >= 4 is 38.5 Å². The van der Waals surface area contributed by atoms with Crippen molar-refractivity contribution in [3.05, 3.63) is 72.2 Å². The van der Waals surface area contributed by atoms with Gasteiger partial charge in [-0.05, 0) is 48.7 Å². The minimum Gasteiger partial charge on any atom is -0.340 e. The van der Waals surface area contributed by atoms with Gasteiger partial charge in [0.2, 0.25) is 15.9 Å². The number of carbonyl (C=O) groups is 3. The number of aromatic nitrogens is 2. The van der Waals surface area contributed by atoms with Crippen LogP contribution in [0.25, 0.3) is 10.9 Å². The Morgan fingerprint density at radius 2 is 1.97 bits per heavy atom. The van der Waals surface area contributed by atoms with E-state index in [1.54, 1.807) is 48.8 Å². The monoisotopic (exact) mass is 535 g/mol. The summed E-state index contributed by atoms with van der Waals surface area (Å²) in [6.07, 6.45) is 6.12. The molecule has 0 radical (unpaired) electrons. The van der Waals surface area contributed by atoms with Gasteiger partial charge in [-0.15, -0.1) is 0 Å². The molecule has 2 amide bonds. The molecule has 5 rings (SSSR count). The number of nitrogens with one attached hydrogen (secondary N) is 1. The van der Waals surface area contributed by atoms with E-state index in [1.807, 2.05) is 13.0 Å². The molecule has 2 fully saturated rings. The summed E-state index contributed by atoms with van der Waals surface area (Å²) in [7, 11) is -3.79. The molecular weight excluding hydrogens is 506 g/mol. The number of fused-ring (bicyclic) bond motifs is 2. The highest BCUT2D eigenvalue weighted by molar-refractivity contribution is 7.88. The van der Waals surface area contributed by atoms with Crippen LogP contribution in [-0.4, -0.2) is 76.4 Å². The summed E-state index contributed by atoms with van der Waals surface area (Å²) < 4.78 is 27.6. The average molecular weight is 536 g/mol. The molecule has 10 nitrogen and oxygen atoms in total. The van der Waals surface area contributed by atoms with Gasteiger partial charge in [0, 0.05) is 36.1 Å². The zero-order chi connectivity index (χ0) is 26.9. The van der Waals surface area contributed by atoms with E-state index in [0.717, 1.165) is 10.9 Å². The third-order valence-electron chi connectivity index (χ3n) is 7.14. The SMILES string of the molecule is CCCC(NC(=O)c1ccc2ncccc2c1)C(=O)N1CCC2C1C(=O)CN2S(=O)(=O)Cc1cccnc1. The van der Waals surface area contributed by atoms with Gasteiger partial charge in [-0.2, -0.15) is 4.31 Å². The largest absolute Gasteiger partial charge is 0.340 e. The number of likely N-dealkylation sites (tertiary alicyclic amines) is 1. The fraction of sp³-hybridized carbons (Fsp3) is 0.370. The fourth-order valence-electron chi connectivity index (χ4n) is 5.36. The number of hydrogen-bond donors (Lipinski definition) is 1. The second kappa shape index (κ2) is 10.6. The zero-order valence-electron chi connectivity index (χ0n) is 21.0. The molecule has 4 heterocycles. The minimum atomic E-state index is -3.79. The lowest BCUT2D eigenvalue weighted by molar-refractivity contribution is -0.138. The third-order valence-corrected chi connectivity index (χ3v) is 8.95. The Bertz CT molecular complexity index is 1480. The van der Waals surface area contributed by atoms with Gasteiger partial charge in [-0.1, -0.05) is 25.5 Å². The van der Waals surface area contributed by atoms with Crippen LogP contribution in [0.15, 0.2) is 61.1 Å². The maximum absolute atomic E-state index is 13.6. The first-order chi connectivity index (χ1) is 18.3. The molecule has 2 saturated heterocycles. The number of sulfonamides is 1. The first-order valence-corrected chi connectivity index (χ1v) is 14.3. The van der Waals surface area contributed by atoms with Gasteiger partial charge in [0.05, 0.1) is 23.9 Å². The third kappa shape index (κ3) is 5.03. The molecule has 2 aliphatic heterocycles. The van der Waals surface area contributed by atoms with Crippen molar-refractivity contribution < 1.29 is 22.8 Å². The number of carbonyl (C=O) groups excluding carboxylic acids is 3. The van der Waals surface area contributed by atoms with Crippen molar-refractivity contribution in [1.82, 2.24) is 24.5 Å². The number of rotatable bonds is 8. The molecule has 2 aromatic heterocycles. The van der Waals surface area contributed by atoms with Crippen LogP contribution in [0.1, 0.15) is 42.1 Å². The second-order valence-electron chi connectivity index (χ2n) is 9.69. The number of nitrogens with zero attached hydrogens (tertiary/aromatic N) is 4. The maximum atomic E-state index is 13.6. The van der Waals surface area contributed by atoms with Gasteiger partial charge < -0.3 is 10.2 Å². The minimum absolute atomic E-state index is 0.247. The summed E-state index contributed by atoms with van der Waals surface area (Å²) >= 11 is 0. The van der Waals surface area contributed by atoms with Crippen LogP contribution < -0.4 is 5.32 Å². The molecule has 3 aromatic rings. The number of benzene rings is 1. The molecular formula is C27H29N5O5S. The van der Waals surface area contributed by atoms with Crippen molar-refractivity contribution in [2.75, 3.05) is 13.1 Å². The van der Waals surface area contributed by atoms with E-state index in [9.17, 15) is 22.8 Å². The molecule has 1 N–H and O–H groups in total. The molecule has 2 aliphatic rings. The summed E-state index contributed by atoms with van der Waals surface area (Å²) in [6.45, 7) is 1.89. The Morgan fingerprint density at radius 1 is 1.16 bits per heavy atom. The highest BCUT2D eigenvalue weighted by Crippen LogP contribution is 2.33. The Labute approximate surface area is 221 Å². The fourth-order valence-corrected chi connectivity index (χ4v) is 7.08. The number of ketones is 1. The molecule has 0 saturated carbocycles. The van der Waals surface area contributed by atoms with Gasteiger partial charge in [-0.3, -0.25) is 24.4 Å². The van der Waals surface area contributed by atoms with Crippen molar-refractivity contribution in [3.8, 4) is 0 Å². The highest BCUT2D eigenvalue weighted by atomic mass is 32.2. The lowest BCUT2D eigenvalue weighted by Gasteiger charge is -2.28. The molecule has 0 aliphatic carbocycles. The van der Waals surface area contributed by atoms with Gasteiger partial charge in [0.25, 0.3) is 5.91 Å². The Hall–Kier alpha value is -3.70. The number of pyridine rings is 2. The van der Waals surface area contributed by atoms with E-state index in [0.29, 0.717) is 30.4 Å². The Balaban J connectivity index is 1.31. The quantitative estimate of drug-likeness (QED) is 0.466. The molecule has 198 valence electrons. The van der Waals surface area contributed by atoms with Gasteiger partial charge in [0.1, 0.15) is 12.1 Å². The standard InChI is InChI=1S/C27H29N5O5S/c1-2-5-22(30-26(34)20-8-9-21-19(14-20)7-4-12-29-21)27(35)31-13-10-23-25(31)24(33)16-32(23)38(36,37)17-18-6-3-11-28-15-18/h3-4,6-9,11-12,14-15,22-23,25H,2,5,10,13,16-17H2,1H3,(H,30,34).